The molecule has 1 aromatic carbocycles. The molecule has 0 saturated carbocycles. The van der Waals surface area contributed by atoms with Crippen molar-refractivity contribution < 1.29 is 27.8 Å². The van der Waals surface area contributed by atoms with Crippen molar-refractivity contribution >= 4 is 6.03 Å². The summed E-state index contributed by atoms with van der Waals surface area (Å²) < 4.78 is 42.6. The number of carbonyl (C=O) groups is 1. The van der Waals surface area contributed by atoms with Gasteiger partial charge in [0, 0.05) is 32.0 Å². The summed E-state index contributed by atoms with van der Waals surface area (Å²) in [4.78, 5) is 13.8. The second-order valence-electron chi connectivity index (χ2n) is 5.75. The van der Waals surface area contributed by atoms with Crippen molar-refractivity contribution in [2.45, 2.75) is 18.6 Å². The van der Waals surface area contributed by atoms with Gasteiger partial charge < -0.3 is 24.4 Å². The van der Waals surface area contributed by atoms with E-state index in [-0.39, 0.29) is 24.9 Å². The molecule has 24 heavy (non-hydrogen) atoms. The Hall–Kier alpha value is -1.93. The molecule has 2 aliphatic rings. The molecule has 0 aromatic heterocycles. The number of hydrogen-bond acceptors (Lipinski definition) is 4. The van der Waals surface area contributed by atoms with Crippen molar-refractivity contribution in [3.8, 4) is 5.75 Å². The van der Waals surface area contributed by atoms with Gasteiger partial charge in [0.25, 0.3) is 0 Å². The minimum atomic E-state index is -0.765. The highest BCUT2D eigenvalue weighted by Crippen LogP contribution is 2.31. The topological polar surface area (TPSA) is 60.0 Å². The van der Waals surface area contributed by atoms with Crippen molar-refractivity contribution in [2.75, 3.05) is 39.5 Å². The normalized spacial score (nSPS) is 19.5. The summed E-state index contributed by atoms with van der Waals surface area (Å²) in [5, 5.41) is 2.72. The highest BCUT2D eigenvalue weighted by Gasteiger charge is 2.40. The van der Waals surface area contributed by atoms with E-state index in [4.69, 9.17) is 14.2 Å². The average molecular weight is 342 g/mol. The SMILES string of the molecule is O=C(NCCOc1ccc(F)cc1F)N1CCC2(CC1)OCCO2. The van der Waals surface area contributed by atoms with Crippen LogP contribution >= 0.6 is 0 Å². The van der Waals surface area contributed by atoms with Crippen LogP contribution in [0.5, 0.6) is 5.75 Å². The zero-order valence-corrected chi connectivity index (χ0v) is 13.2. The summed E-state index contributed by atoms with van der Waals surface area (Å²) in [5.41, 5.74) is 0. The molecule has 1 N–H and O–H groups in total. The number of rotatable bonds is 4. The summed E-state index contributed by atoms with van der Waals surface area (Å²) >= 11 is 0. The molecule has 132 valence electrons. The first kappa shape index (κ1) is 16.9. The number of hydrogen-bond donors (Lipinski definition) is 1. The summed E-state index contributed by atoms with van der Waals surface area (Å²) in [6.45, 7) is 2.63. The summed E-state index contributed by atoms with van der Waals surface area (Å²) in [7, 11) is 0. The maximum atomic E-state index is 13.4. The fourth-order valence-corrected chi connectivity index (χ4v) is 2.86. The molecular formula is C16H20F2N2O4. The number of amides is 2. The van der Waals surface area contributed by atoms with Crippen LogP contribution in [0, 0.1) is 11.6 Å². The number of nitrogens with zero attached hydrogens (tertiary/aromatic N) is 1. The Labute approximate surface area is 138 Å². The monoisotopic (exact) mass is 342 g/mol. The van der Waals surface area contributed by atoms with E-state index in [1.807, 2.05) is 0 Å². The summed E-state index contributed by atoms with van der Waals surface area (Å²) in [6.07, 6.45) is 1.30. The third kappa shape index (κ3) is 3.93. The Bertz CT molecular complexity index is 583. The number of likely N-dealkylation sites (tertiary alicyclic amines) is 1. The van der Waals surface area contributed by atoms with Gasteiger partial charge in [-0.1, -0.05) is 0 Å². The molecule has 2 saturated heterocycles. The lowest BCUT2D eigenvalue weighted by Gasteiger charge is -2.37. The average Bonchev–Trinajstić information content (AvgIpc) is 3.02. The predicted molar refractivity (Wildman–Crippen MR) is 80.7 cm³/mol. The zero-order chi connectivity index (χ0) is 17.0. The fourth-order valence-electron chi connectivity index (χ4n) is 2.86. The standard InChI is InChI=1S/C16H20F2N2O4/c17-12-1-2-14(13(18)11-12)22-8-5-19-15(21)20-6-3-16(4-7-20)23-9-10-24-16/h1-2,11H,3-10H2,(H,19,21). The van der Waals surface area contributed by atoms with Gasteiger partial charge in [-0.05, 0) is 12.1 Å². The summed E-state index contributed by atoms with van der Waals surface area (Å²) in [5.74, 6) is -1.98. The minimum Gasteiger partial charge on any atom is -0.489 e. The molecule has 3 rings (SSSR count). The molecule has 2 heterocycles. The number of urea groups is 1. The number of piperidine rings is 1. The van der Waals surface area contributed by atoms with Gasteiger partial charge in [-0.2, -0.15) is 0 Å². The number of benzene rings is 1. The van der Waals surface area contributed by atoms with Crippen LogP contribution in [0.3, 0.4) is 0 Å². The molecule has 2 amide bonds. The minimum absolute atomic E-state index is 0.0407. The molecule has 2 fully saturated rings. The van der Waals surface area contributed by atoms with E-state index in [0.717, 1.165) is 12.1 Å². The number of halogens is 2. The van der Waals surface area contributed by atoms with Crippen molar-refractivity contribution in [2.24, 2.45) is 0 Å². The summed E-state index contributed by atoms with van der Waals surface area (Å²) in [6, 6.07) is 2.89. The number of ether oxygens (including phenoxy) is 3. The lowest BCUT2D eigenvalue weighted by atomic mass is 10.0. The third-order valence-corrected chi connectivity index (χ3v) is 4.16. The second kappa shape index (κ2) is 7.31. The molecule has 2 aliphatic heterocycles. The smallest absolute Gasteiger partial charge is 0.317 e. The van der Waals surface area contributed by atoms with Crippen LogP contribution in [-0.4, -0.2) is 56.2 Å². The van der Waals surface area contributed by atoms with Crippen LogP contribution in [0.15, 0.2) is 18.2 Å². The molecule has 0 aliphatic carbocycles. The van der Waals surface area contributed by atoms with E-state index in [9.17, 15) is 13.6 Å². The van der Waals surface area contributed by atoms with Crippen LogP contribution < -0.4 is 10.1 Å². The van der Waals surface area contributed by atoms with E-state index in [2.05, 4.69) is 5.32 Å². The second-order valence-corrected chi connectivity index (χ2v) is 5.75. The van der Waals surface area contributed by atoms with Crippen molar-refractivity contribution in [3.05, 3.63) is 29.8 Å². The quantitative estimate of drug-likeness (QED) is 0.849. The van der Waals surface area contributed by atoms with Crippen LogP contribution in [0.4, 0.5) is 13.6 Å². The van der Waals surface area contributed by atoms with Gasteiger partial charge >= 0.3 is 6.03 Å². The Balaban J connectivity index is 1.37. The molecule has 1 spiro atoms. The zero-order valence-electron chi connectivity index (χ0n) is 13.2. The fraction of sp³-hybridized carbons (Fsp3) is 0.562. The lowest BCUT2D eigenvalue weighted by molar-refractivity contribution is -0.181. The first-order valence-corrected chi connectivity index (χ1v) is 7.97. The molecule has 8 heteroatoms. The Kier molecular flexibility index (Phi) is 5.15. The molecule has 0 unspecified atom stereocenters. The highest BCUT2D eigenvalue weighted by molar-refractivity contribution is 5.74. The highest BCUT2D eigenvalue weighted by atomic mass is 19.1. The molecule has 0 radical (unpaired) electrons. The maximum absolute atomic E-state index is 13.4. The number of carbonyl (C=O) groups excluding carboxylic acids is 1. The maximum Gasteiger partial charge on any atom is 0.317 e. The Morgan fingerprint density at radius 1 is 1.25 bits per heavy atom. The molecule has 0 atom stereocenters. The first-order chi connectivity index (χ1) is 11.6. The first-order valence-electron chi connectivity index (χ1n) is 7.97. The van der Waals surface area contributed by atoms with E-state index in [0.29, 0.717) is 39.1 Å². The van der Waals surface area contributed by atoms with Crippen molar-refractivity contribution in [3.63, 3.8) is 0 Å². The van der Waals surface area contributed by atoms with Crippen molar-refractivity contribution in [1.29, 1.82) is 0 Å². The van der Waals surface area contributed by atoms with Gasteiger partial charge in [0.05, 0.1) is 19.8 Å². The van der Waals surface area contributed by atoms with Gasteiger partial charge in [0.1, 0.15) is 12.4 Å². The molecule has 0 bridgehead atoms. The van der Waals surface area contributed by atoms with E-state index in [1.165, 1.54) is 6.07 Å². The molecular weight excluding hydrogens is 322 g/mol. The van der Waals surface area contributed by atoms with Crippen LogP contribution in [0.25, 0.3) is 0 Å². The van der Waals surface area contributed by atoms with Gasteiger partial charge in [-0.3, -0.25) is 0 Å². The Morgan fingerprint density at radius 2 is 1.96 bits per heavy atom. The third-order valence-electron chi connectivity index (χ3n) is 4.16. The van der Waals surface area contributed by atoms with Gasteiger partial charge in [0.2, 0.25) is 0 Å². The van der Waals surface area contributed by atoms with Gasteiger partial charge in [-0.15, -0.1) is 0 Å². The van der Waals surface area contributed by atoms with E-state index < -0.39 is 17.4 Å². The van der Waals surface area contributed by atoms with Crippen LogP contribution in [-0.2, 0) is 9.47 Å². The van der Waals surface area contributed by atoms with Crippen molar-refractivity contribution in [1.82, 2.24) is 10.2 Å². The lowest BCUT2D eigenvalue weighted by Crippen LogP contribution is -2.50. The van der Waals surface area contributed by atoms with Crippen LogP contribution in [0.2, 0.25) is 0 Å². The molecule has 6 nitrogen and oxygen atoms in total. The van der Waals surface area contributed by atoms with Crippen LogP contribution in [0.1, 0.15) is 12.8 Å². The number of nitrogens with one attached hydrogen (secondary N) is 1. The van der Waals surface area contributed by atoms with Gasteiger partial charge in [-0.25, -0.2) is 13.6 Å². The largest absolute Gasteiger partial charge is 0.489 e. The van der Waals surface area contributed by atoms with E-state index in [1.54, 1.807) is 4.90 Å². The van der Waals surface area contributed by atoms with Gasteiger partial charge in [0.15, 0.2) is 17.4 Å². The predicted octanol–water partition coefficient (Wildman–Crippen LogP) is 1.89. The Morgan fingerprint density at radius 3 is 2.62 bits per heavy atom. The molecule has 1 aromatic rings. The van der Waals surface area contributed by atoms with E-state index >= 15 is 0 Å².